The normalized spacial score (nSPS) is 13.4. The Morgan fingerprint density at radius 1 is 1.35 bits per heavy atom. The van der Waals surface area contributed by atoms with E-state index in [0.29, 0.717) is 29.8 Å². The Kier molecular flexibility index (Phi) is 5.98. The summed E-state index contributed by atoms with van der Waals surface area (Å²) < 4.78 is 27.5. The number of rotatable bonds is 7. The molecule has 0 bridgehead atoms. The van der Waals surface area contributed by atoms with Crippen LogP contribution >= 0.6 is 0 Å². The third-order valence-corrected chi connectivity index (χ3v) is 5.30. The first-order valence-electron chi connectivity index (χ1n) is 6.79. The van der Waals surface area contributed by atoms with Gasteiger partial charge in [0.2, 0.25) is 10.0 Å². The maximum atomic E-state index is 12.4. The molecule has 1 atom stereocenters. The summed E-state index contributed by atoms with van der Waals surface area (Å²) in [6.45, 7) is 5.84. The fourth-order valence-electron chi connectivity index (χ4n) is 2.19. The van der Waals surface area contributed by atoms with Crippen molar-refractivity contribution in [1.29, 1.82) is 0 Å². The lowest BCUT2D eigenvalue weighted by Gasteiger charge is -2.17. The molecule has 5 nitrogen and oxygen atoms in total. The van der Waals surface area contributed by atoms with E-state index in [0.717, 1.165) is 6.42 Å². The van der Waals surface area contributed by atoms with Gasteiger partial charge in [-0.1, -0.05) is 19.4 Å². The Morgan fingerprint density at radius 3 is 2.55 bits per heavy atom. The molecular formula is C14H24N2O3S. The standard InChI is InChI=1S/C14H24N2O3S/c1-4-12(7-8-17)9-16-20(18,19)14-10(2)5-6-13(15)11(14)3/h5-6,12,16-17H,4,7-9,15H2,1-3H3. The Morgan fingerprint density at radius 2 is 2.00 bits per heavy atom. The summed E-state index contributed by atoms with van der Waals surface area (Å²) in [5.74, 6) is 0.136. The molecule has 0 amide bonds. The van der Waals surface area contributed by atoms with E-state index in [-0.39, 0.29) is 17.4 Å². The average molecular weight is 300 g/mol. The van der Waals surface area contributed by atoms with E-state index in [1.54, 1.807) is 26.0 Å². The molecule has 1 aromatic rings. The zero-order chi connectivity index (χ0) is 15.3. The van der Waals surface area contributed by atoms with Crippen LogP contribution in [0.1, 0.15) is 30.9 Å². The molecule has 1 unspecified atom stereocenters. The predicted molar refractivity (Wildman–Crippen MR) is 81.0 cm³/mol. The molecule has 20 heavy (non-hydrogen) atoms. The number of nitrogens with two attached hydrogens (primary N) is 1. The van der Waals surface area contributed by atoms with Gasteiger partial charge in [0, 0.05) is 18.8 Å². The second-order valence-corrected chi connectivity index (χ2v) is 6.77. The van der Waals surface area contributed by atoms with Gasteiger partial charge in [0.15, 0.2) is 0 Å². The van der Waals surface area contributed by atoms with Crippen molar-refractivity contribution >= 4 is 15.7 Å². The Balaban J connectivity index is 2.98. The van der Waals surface area contributed by atoms with Crippen molar-refractivity contribution in [2.24, 2.45) is 5.92 Å². The van der Waals surface area contributed by atoms with Crippen LogP contribution in [-0.4, -0.2) is 26.7 Å². The highest BCUT2D eigenvalue weighted by molar-refractivity contribution is 7.89. The number of anilines is 1. The number of hydrogen-bond acceptors (Lipinski definition) is 4. The molecule has 0 saturated carbocycles. The quantitative estimate of drug-likeness (QED) is 0.666. The van der Waals surface area contributed by atoms with E-state index >= 15 is 0 Å². The molecule has 1 rings (SSSR count). The zero-order valence-electron chi connectivity index (χ0n) is 12.3. The van der Waals surface area contributed by atoms with Crippen molar-refractivity contribution in [3.8, 4) is 0 Å². The summed E-state index contributed by atoms with van der Waals surface area (Å²) in [4.78, 5) is 0.261. The highest BCUT2D eigenvalue weighted by Crippen LogP contribution is 2.24. The smallest absolute Gasteiger partial charge is 0.241 e. The molecule has 114 valence electrons. The van der Waals surface area contributed by atoms with Crippen LogP contribution in [0.25, 0.3) is 0 Å². The van der Waals surface area contributed by atoms with Crippen LogP contribution in [0.15, 0.2) is 17.0 Å². The molecule has 0 heterocycles. The molecule has 1 aromatic carbocycles. The third kappa shape index (κ3) is 3.94. The van der Waals surface area contributed by atoms with Gasteiger partial charge in [-0.2, -0.15) is 0 Å². The number of aliphatic hydroxyl groups is 1. The van der Waals surface area contributed by atoms with E-state index in [1.807, 2.05) is 6.92 Å². The van der Waals surface area contributed by atoms with Gasteiger partial charge in [-0.05, 0) is 43.4 Å². The second-order valence-electron chi connectivity index (χ2n) is 5.06. The lowest BCUT2D eigenvalue weighted by molar-refractivity contribution is 0.254. The number of sulfonamides is 1. The van der Waals surface area contributed by atoms with Gasteiger partial charge in [-0.15, -0.1) is 0 Å². The first kappa shape index (κ1) is 16.9. The monoisotopic (exact) mass is 300 g/mol. The highest BCUT2D eigenvalue weighted by atomic mass is 32.2. The van der Waals surface area contributed by atoms with Gasteiger partial charge in [0.05, 0.1) is 4.90 Å². The Labute approximate surface area is 121 Å². The van der Waals surface area contributed by atoms with Gasteiger partial charge >= 0.3 is 0 Å². The largest absolute Gasteiger partial charge is 0.398 e. The van der Waals surface area contributed by atoms with Crippen molar-refractivity contribution < 1.29 is 13.5 Å². The van der Waals surface area contributed by atoms with Crippen LogP contribution in [0.2, 0.25) is 0 Å². The van der Waals surface area contributed by atoms with E-state index in [2.05, 4.69) is 4.72 Å². The molecule has 4 N–H and O–H groups in total. The summed E-state index contributed by atoms with van der Waals surface area (Å²) in [5.41, 5.74) is 7.52. The van der Waals surface area contributed by atoms with Crippen LogP contribution in [0.4, 0.5) is 5.69 Å². The number of aryl methyl sites for hydroxylation is 1. The second kappa shape index (κ2) is 7.06. The SMILES string of the molecule is CCC(CCO)CNS(=O)(=O)c1c(C)ccc(N)c1C. The topological polar surface area (TPSA) is 92.4 Å². The highest BCUT2D eigenvalue weighted by Gasteiger charge is 2.21. The molecule has 0 spiro atoms. The molecule has 0 aliphatic rings. The summed E-state index contributed by atoms with van der Waals surface area (Å²) in [6, 6.07) is 3.42. The molecule has 0 aromatic heterocycles. The minimum absolute atomic E-state index is 0.0660. The third-order valence-electron chi connectivity index (χ3n) is 3.59. The van der Waals surface area contributed by atoms with Gasteiger partial charge in [0.1, 0.15) is 0 Å². The minimum atomic E-state index is -3.58. The van der Waals surface area contributed by atoms with Crippen molar-refractivity contribution in [2.75, 3.05) is 18.9 Å². The van der Waals surface area contributed by atoms with Crippen LogP contribution in [0, 0.1) is 19.8 Å². The van der Waals surface area contributed by atoms with Gasteiger partial charge in [-0.3, -0.25) is 0 Å². The molecular weight excluding hydrogens is 276 g/mol. The maximum Gasteiger partial charge on any atom is 0.241 e. The fraction of sp³-hybridized carbons (Fsp3) is 0.571. The number of nitrogens with one attached hydrogen (secondary N) is 1. The number of hydrogen-bond donors (Lipinski definition) is 3. The summed E-state index contributed by atoms with van der Waals surface area (Å²) in [7, 11) is -3.58. The Bertz CT molecular complexity index is 556. The zero-order valence-corrected chi connectivity index (χ0v) is 13.1. The van der Waals surface area contributed by atoms with Crippen LogP contribution < -0.4 is 10.5 Å². The molecule has 0 aliphatic carbocycles. The average Bonchev–Trinajstić information content (AvgIpc) is 2.39. The summed E-state index contributed by atoms with van der Waals surface area (Å²) in [5, 5.41) is 8.95. The van der Waals surface area contributed by atoms with Crippen LogP contribution in [-0.2, 0) is 10.0 Å². The molecule has 0 saturated heterocycles. The lowest BCUT2D eigenvalue weighted by atomic mass is 10.0. The maximum absolute atomic E-state index is 12.4. The number of aliphatic hydroxyl groups excluding tert-OH is 1. The van der Waals surface area contributed by atoms with E-state index in [4.69, 9.17) is 10.8 Å². The van der Waals surface area contributed by atoms with Crippen LogP contribution in [0.3, 0.4) is 0 Å². The summed E-state index contributed by atoms with van der Waals surface area (Å²) >= 11 is 0. The first-order chi connectivity index (χ1) is 9.33. The van der Waals surface area contributed by atoms with Crippen molar-refractivity contribution in [3.05, 3.63) is 23.3 Å². The molecule has 0 aliphatic heterocycles. The van der Waals surface area contributed by atoms with Crippen molar-refractivity contribution in [3.63, 3.8) is 0 Å². The van der Waals surface area contributed by atoms with Gasteiger partial charge in [0.25, 0.3) is 0 Å². The Hall–Kier alpha value is -1.11. The molecule has 0 fully saturated rings. The van der Waals surface area contributed by atoms with Crippen molar-refractivity contribution in [1.82, 2.24) is 4.72 Å². The summed E-state index contributed by atoms with van der Waals surface area (Å²) in [6.07, 6.45) is 1.41. The minimum Gasteiger partial charge on any atom is -0.398 e. The van der Waals surface area contributed by atoms with E-state index in [1.165, 1.54) is 0 Å². The van der Waals surface area contributed by atoms with E-state index in [9.17, 15) is 8.42 Å². The van der Waals surface area contributed by atoms with Crippen molar-refractivity contribution in [2.45, 2.75) is 38.5 Å². The number of nitrogen functional groups attached to an aromatic ring is 1. The van der Waals surface area contributed by atoms with Gasteiger partial charge < -0.3 is 10.8 Å². The van der Waals surface area contributed by atoms with E-state index < -0.39 is 10.0 Å². The lowest BCUT2D eigenvalue weighted by Crippen LogP contribution is -2.30. The fourth-order valence-corrected chi connectivity index (χ4v) is 3.80. The number of benzene rings is 1. The first-order valence-corrected chi connectivity index (χ1v) is 8.28. The molecule has 0 radical (unpaired) electrons. The van der Waals surface area contributed by atoms with Crippen LogP contribution in [0.5, 0.6) is 0 Å². The van der Waals surface area contributed by atoms with Gasteiger partial charge in [-0.25, -0.2) is 13.1 Å². The predicted octanol–water partition coefficient (Wildman–Crippen LogP) is 1.57. The molecule has 6 heteroatoms.